The van der Waals surface area contributed by atoms with Gasteiger partial charge in [-0.2, -0.15) is 10.2 Å². The van der Waals surface area contributed by atoms with E-state index >= 15 is 0 Å². The third-order valence-electron chi connectivity index (χ3n) is 7.74. The van der Waals surface area contributed by atoms with Crippen LogP contribution in [0.3, 0.4) is 0 Å². The number of rotatable bonds is 5. The van der Waals surface area contributed by atoms with Gasteiger partial charge in [-0.05, 0) is 57.2 Å². The molecule has 11 heteroatoms. The minimum atomic E-state index is -0.204. The molecule has 3 N–H and O–H groups in total. The number of fused-ring (bicyclic) bond motifs is 2. The fraction of sp³-hybridized carbons (Fsp3) is 0.538. The predicted molar refractivity (Wildman–Crippen MR) is 141 cm³/mol. The van der Waals surface area contributed by atoms with Crippen LogP contribution in [0.1, 0.15) is 53.1 Å². The van der Waals surface area contributed by atoms with Crippen LogP contribution in [0, 0.1) is 0 Å². The highest BCUT2D eigenvalue weighted by Crippen LogP contribution is 2.24. The summed E-state index contributed by atoms with van der Waals surface area (Å²) in [6, 6.07) is 5.83. The van der Waals surface area contributed by atoms with E-state index in [1.54, 1.807) is 13.1 Å². The molecule has 37 heavy (non-hydrogen) atoms. The molecule has 11 nitrogen and oxygen atoms in total. The van der Waals surface area contributed by atoms with E-state index in [1.807, 2.05) is 16.8 Å². The van der Waals surface area contributed by atoms with E-state index in [0.29, 0.717) is 29.6 Å². The molecule has 5 heterocycles. The van der Waals surface area contributed by atoms with Crippen molar-refractivity contribution < 1.29 is 4.79 Å². The number of anilines is 3. The predicted octanol–water partition coefficient (Wildman–Crippen LogP) is 1.77. The Morgan fingerprint density at radius 2 is 1.92 bits per heavy atom. The number of amides is 1. The van der Waals surface area contributed by atoms with Crippen LogP contribution in [0.4, 0.5) is 17.3 Å². The highest BCUT2D eigenvalue weighted by Gasteiger charge is 2.25. The molecule has 3 aliphatic rings. The van der Waals surface area contributed by atoms with Crippen LogP contribution in [0.25, 0.3) is 0 Å². The summed E-state index contributed by atoms with van der Waals surface area (Å²) in [6.45, 7) is 4.08. The highest BCUT2D eigenvalue weighted by molar-refractivity contribution is 5.93. The smallest absolute Gasteiger partial charge is 0.290 e. The van der Waals surface area contributed by atoms with E-state index in [4.69, 9.17) is 0 Å². The van der Waals surface area contributed by atoms with E-state index in [1.165, 1.54) is 28.8 Å². The lowest BCUT2D eigenvalue weighted by Crippen LogP contribution is -2.48. The number of piperidine rings is 1. The average Bonchev–Trinajstić information content (AvgIpc) is 3.50. The van der Waals surface area contributed by atoms with Gasteiger partial charge >= 0.3 is 0 Å². The number of hydrogen-bond acceptors (Lipinski definition) is 7. The minimum absolute atomic E-state index is 0.00822. The lowest BCUT2D eigenvalue weighted by atomic mass is 9.98. The highest BCUT2D eigenvalue weighted by atomic mass is 16.2. The summed E-state index contributed by atoms with van der Waals surface area (Å²) in [4.78, 5) is 33.6. The lowest BCUT2D eigenvalue weighted by molar-refractivity contribution is 0.0928. The van der Waals surface area contributed by atoms with Crippen LogP contribution in [-0.4, -0.2) is 68.1 Å². The lowest BCUT2D eigenvalue weighted by Gasteiger charge is -2.34. The average molecular weight is 506 g/mol. The molecule has 1 aliphatic carbocycles. The first-order valence-corrected chi connectivity index (χ1v) is 13.3. The summed E-state index contributed by atoms with van der Waals surface area (Å²) in [5.41, 5.74) is 4.51. The SMILES string of the molecule is CN1CCn2nc(Nc3cc(N4CCCC(NC(=O)c5cc6c([nH]5)CCCC6)C4)nn(C)c3=O)cc2C1. The summed E-state index contributed by atoms with van der Waals surface area (Å²) in [5, 5.41) is 15.6. The number of aromatic amines is 1. The molecule has 1 fully saturated rings. The van der Waals surface area contributed by atoms with Gasteiger partial charge in [0.15, 0.2) is 11.6 Å². The zero-order chi connectivity index (χ0) is 25.5. The van der Waals surface area contributed by atoms with Gasteiger partial charge in [-0.15, -0.1) is 0 Å². The summed E-state index contributed by atoms with van der Waals surface area (Å²) in [6.07, 6.45) is 6.27. The van der Waals surface area contributed by atoms with Gasteiger partial charge in [-0.3, -0.25) is 19.2 Å². The van der Waals surface area contributed by atoms with Crippen molar-refractivity contribution in [2.75, 3.05) is 36.9 Å². The van der Waals surface area contributed by atoms with Crippen LogP contribution >= 0.6 is 0 Å². The molecular weight excluding hydrogens is 470 g/mol. The first-order valence-electron chi connectivity index (χ1n) is 13.3. The summed E-state index contributed by atoms with van der Waals surface area (Å²) in [7, 11) is 3.76. The van der Waals surface area contributed by atoms with Crippen LogP contribution in [0.2, 0.25) is 0 Å². The Labute approximate surface area is 215 Å². The van der Waals surface area contributed by atoms with E-state index in [0.717, 1.165) is 57.6 Å². The molecule has 0 bridgehead atoms. The van der Waals surface area contributed by atoms with Gasteiger partial charge in [0.25, 0.3) is 11.5 Å². The minimum Gasteiger partial charge on any atom is -0.354 e. The number of aromatic nitrogens is 5. The Morgan fingerprint density at radius 1 is 1.05 bits per heavy atom. The Bertz CT molecular complexity index is 1350. The van der Waals surface area contributed by atoms with Crippen molar-refractivity contribution in [2.45, 2.75) is 57.7 Å². The van der Waals surface area contributed by atoms with Gasteiger partial charge in [-0.25, -0.2) is 4.68 Å². The second-order valence-corrected chi connectivity index (χ2v) is 10.6. The normalized spacial score (nSPS) is 19.8. The maximum Gasteiger partial charge on any atom is 0.290 e. The number of likely N-dealkylation sites (N-methyl/N-ethyl adjacent to an activating group) is 1. The topological polar surface area (TPSA) is 116 Å². The first kappa shape index (κ1) is 23.8. The second kappa shape index (κ2) is 9.70. The molecule has 0 spiro atoms. The fourth-order valence-electron chi connectivity index (χ4n) is 5.73. The van der Waals surface area contributed by atoms with Crippen molar-refractivity contribution in [1.82, 2.24) is 34.8 Å². The number of aryl methyl sites for hydroxylation is 3. The quantitative estimate of drug-likeness (QED) is 0.484. The summed E-state index contributed by atoms with van der Waals surface area (Å²) in [5.74, 6) is 1.32. The Kier molecular flexibility index (Phi) is 6.23. The Balaban J connectivity index is 1.16. The van der Waals surface area contributed by atoms with Crippen LogP contribution in [0.5, 0.6) is 0 Å². The molecule has 1 amide bonds. The van der Waals surface area contributed by atoms with Crippen molar-refractivity contribution in [1.29, 1.82) is 0 Å². The first-order chi connectivity index (χ1) is 17.9. The zero-order valence-electron chi connectivity index (χ0n) is 21.6. The summed E-state index contributed by atoms with van der Waals surface area (Å²) >= 11 is 0. The molecule has 1 unspecified atom stereocenters. The number of nitrogens with one attached hydrogen (secondary N) is 3. The number of carbonyl (C=O) groups is 1. The Hall–Kier alpha value is -3.60. The van der Waals surface area contributed by atoms with Gasteiger partial charge in [0.05, 0.1) is 12.2 Å². The molecule has 3 aromatic heterocycles. The molecule has 1 atom stereocenters. The van der Waals surface area contributed by atoms with Gasteiger partial charge in [0.1, 0.15) is 11.4 Å². The summed E-state index contributed by atoms with van der Waals surface area (Å²) < 4.78 is 3.36. The third-order valence-corrected chi connectivity index (χ3v) is 7.74. The largest absolute Gasteiger partial charge is 0.354 e. The van der Waals surface area contributed by atoms with Crippen molar-refractivity contribution in [3.05, 3.63) is 51.2 Å². The molecule has 2 aliphatic heterocycles. The van der Waals surface area contributed by atoms with E-state index in [-0.39, 0.29) is 17.5 Å². The molecule has 3 aromatic rings. The molecule has 0 saturated carbocycles. The van der Waals surface area contributed by atoms with Gasteiger partial charge in [-0.1, -0.05) is 0 Å². The molecule has 196 valence electrons. The molecular formula is C26H35N9O2. The maximum absolute atomic E-state index is 13.0. The zero-order valence-corrected chi connectivity index (χ0v) is 21.6. The van der Waals surface area contributed by atoms with E-state index in [9.17, 15) is 9.59 Å². The molecule has 0 aromatic carbocycles. The van der Waals surface area contributed by atoms with Gasteiger partial charge in [0.2, 0.25) is 0 Å². The van der Waals surface area contributed by atoms with Crippen molar-refractivity contribution in [3.63, 3.8) is 0 Å². The van der Waals surface area contributed by atoms with Crippen LogP contribution in [0.15, 0.2) is 23.0 Å². The second-order valence-electron chi connectivity index (χ2n) is 10.6. The third kappa shape index (κ3) is 4.87. The van der Waals surface area contributed by atoms with Gasteiger partial charge in [0, 0.05) is 57.1 Å². The molecule has 6 rings (SSSR count). The van der Waals surface area contributed by atoms with Crippen LogP contribution in [-0.2, 0) is 33.0 Å². The Morgan fingerprint density at radius 3 is 2.78 bits per heavy atom. The number of H-pyrrole nitrogens is 1. The van der Waals surface area contributed by atoms with Crippen molar-refractivity contribution in [3.8, 4) is 0 Å². The van der Waals surface area contributed by atoms with Crippen molar-refractivity contribution in [2.24, 2.45) is 7.05 Å². The van der Waals surface area contributed by atoms with E-state index in [2.05, 4.69) is 42.7 Å². The number of nitrogens with zero attached hydrogens (tertiary/aromatic N) is 6. The van der Waals surface area contributed by atoms with E-state index < -0.39 is 0 Å². The van der Waals surface area contributed by atoms with Crippen molar-refractivity contribution >= 4 is 23.2 Å². The maximum atomic E-state index is 13.0. The van der Waals surface area contributed by atoms with Gasteiger partial charge < -0.3 is 20.5 Å². The monoisotopic (exact) mass is 505 g/mol. The number of carbonyl (C=O) groups excluding carboxylic acids is 1. The standard InChI is InChI=1S/C26H35N9O2/c1-32-10-11-35-19(16-32)13-23(30-35)29-22-14-24(31-33(2)26(22)37)34-9-5-7-18(15-34)27-25(36)21-12-17-6-3-4-8-20(17)28-21/h12-14,18,28H,3-11,15-16H2,1-2H3,(H,27,36)(H,29,30). The van der Waals surface area contributed by atoms with Crippen LogP contribution < -0.4 is 21.1 Å². The fourth-order valence-corrected chi connectivity index (χ4v) is 5.73. The number of hydrogen-bond donors (Lipinski definition) is 3. The molecule has 0 radical (unpaired) electrons. The molecule has 1 saturated heterocycles.